The SMILES string of the molecule is CC(C)n1ccc(CC2CCCC2CN)n1. The van der Waals surface area contributed by atoms with Crippen molar-refractivity contribution in [1.82, 2.24) is 9.78 Å². The van der Waals surface area contributed by atoms with Crippen LogP contribution in [0.15, 0.2) is 12.3 Å². The summed E-state index contributed by atoms with van der Waals surface area (Å²) in [4.78, 5) is 0. The maximum atomic E-state index is 5.81. The Morgan fingerprint density at radius 3 is 2.81 bits per heavy atom. The summed E-state index contributed by atoms with van der Waals surface area (Å²) >= 11 is 0. The van der Waals surface area contributed by atoms with Crippen molar-refractivity contribution in [3.63, 3.8) is 0 Å². The molecule has 16 heavy (non-hydrogen) atoms. The Morgan fingerprint density at radius 2 is 2.19 bits per heavy atom. The van der Waals surface area contributed by atoms with Crippen molar-refractivity contribution in [3.8, 4) is 0 Å². The van der Waals surface area contributed by atoms with Gasteiger partial charge in [-0.15, -0.1) is 0 Å². The average Bonchev–Trinajstić information content (AvgIpc) is 2.87. The van der Waals surface area contributed by atoms with Crippen LogP contribution in [0.1, 0.15) is 44.8 Å². The number of nitrogens with two attached hydrogens (primary N) is 1. The van der Waals surface area contributed by atoms with Crippen molar-refractivity contribution in [1.29, 1.82) is 0 Å². The van der Waals surface area contributed by atoms with Gasteiger partial charge in [0, 0.05) is 12.2 Å². The van der Waals surface area contributed by atoms with Gasteiger partial charge >= 0.3 is 0 Å². The Kier molecular flexibility index (Phi) is 3.64. The Hall–Kier alpha value is -0.830. The second kappa shape index (κ2) is 5.00. The lowest BCUT2D eigenvalue weighted by Crippen LogP contribution is -2.20. The molecule has 1 aliphatic rings. The Bertz CT molecular complexity index is 330. The molecule has 0 aromatic carbocycles. The van der Waals surface area contributed by atoms with Crippen molar-refractivity contribution in [3.05, 3.63) is 18.0 Å². The zero-order valence-electron chi connectivity index (χ0n) is 10.4. The largest absolute Gasteiger partial charge is 0.330 e. The molecule has 1 aromatic heterocycles. The molecule has 0 radical (unpaired) electrons. The number of hydrogen-bond donors (Lipinski definition) is 1. The lowest BCUT2D eigenvalue weighted by atomic mass is 9.92. The maximum absolute atomic E-state index is 5.81. The fourth-order valence-corrected chi connectivity index (χ4v) is 2.74. The summed E-state index contributed by atoms with van der Waals surface area (Å²) in [6, 6.07) is 2.62. The quantitative estimate of drug-likeness (QED) is 0.848. The predicted octanol–water partition coefficient (Wildman–Crippen LogP) is 2.38. The van der Waals surface area contributed by atoms with Crippen LogP contribution >= 0.6 is 0 Å². The van der Waals surface area contributed by atoms with Gasteiger partial charge in [-0.2, -0.15) is 5.10 Å². The Labute approximate surface area is 98.0 Å². The standard InChI is InChI=1S/C13H23N3/c1-10(2)16-7-6-13(15-16)8-11-4-3-5-12(11)9-14/h6-7,10-12H,3-5,8-9,14H2,1-2H3. The minimum Gasteiger partial charge on any atom is -0.330 e. The highest BCUT2D eigenvalue weighted by Gasteiger charge is 2.26. The molecule has 1 aliphatic carbocycles. The highest BCUT2D eigenvalue weighted by molar-refractivity contribution is 5.02. The van der Waals surface area contributed by atoms with Crippen LogP contribution in [0.3, 0.4) is 0 Å². The lowest BCUT2D eigenvalue weighted by Gasteiger charge is -2.16. The smallest absolute Gasteiger partial charge is 0.0627 e. The molecule has 0 aliphatic heterocycles. The van der Waals surface area contributed by atoms with E-state index in [1.165, 1.54) is 25.0 Å². The molecule has 1 aromatic rings. The number of aromatic nitrogens is 2. The zero-order valence-corrected chi connectivity index (χ0v) is 10.4. The molecule has 2 N–H and O–H groups in total. The minimum atomic E-state index is 0.461. The van der Waals surface area contributed by atoms with E-state index >= 15 is 0 Å². The van der Waals surface area contributed by atoms with Crippen LogP contribution in [-0.4, -0.2) is 16.3 Å². The Balaban J connectivity index is 1.97. The van der Waals surface area contributed by atoms with Crippen LogP contribution < -0.4 is 5.73 Å². The Morgan fingerprint density at radius 1 is 1.44 bits per heavy atom. The van der Waals surface area contributed by atoms with E-state index in [0.29, 0.717) is 6.04 Å². The van der Waals surface area contributed by atoms with Crippen LogP contribution in [-0.2, 0) is 6.42 Å². The van der Waals surface area contributed by atoms with Crippen molar-refractivity contribution in [2.75, 3.05) is 6.54 Å². The van der Waals surface area contributed by atoms with Gasteiger partial charge in [-0.1, -0.05) is 6.42 Å². The molecule has 2 unspecified atom stereocenters. The fourth-order valence-electron chi connectivity index (χ4n) is 2.74. The monoisotopic (exact) mass is 221 g/mol. The van der Waals surface area contributed by atoms with Crippen LogP contribution in [0, 0.1) is 11.8 Å². The molecule has 3 nitrogen and oxygen atoms in total. The van der Waals surface area contributed by atoms with Crippen molar-refractivity contribution >= 4 is 0 Å². The average molecular weight is 221 g/mol. The first-order valence-corrected chi connectivity index (χ1v) is 6.44. The molecule has 0 saturated heterocycles. The van der Waals surface area contributed by atoms with E-state index in [1.807, 2.05) is 4.68 Å². The third kappa shape index (κ3) is 2.46. The highest BCUT2D eigenvalue weighted by Crippen LogP contribution is 2.33. The summed E-state index contributed by atoms with van der Waals surface area (Å²) in [5.74, 6) is 1.49. The minimum absolute atomic E-state index is 0.461. The van der Waals surface area contributed by atoms with Gasteiger partial charge in [0.2, 0.25) is 0 Å². The van der Waals surface area contributed by atoms with E-state index in [-0.39, 0.29) is 0 Å². The molecule has 2 rings (SSSR count). The first-order chi connectivity index (χ1) is 7.70. The first-order valence-electron chi connectivity index (χ1n) is 6.44. The normalized spacial score (nSPS) is 25.5. The van der Waals surface area contributed by atoms with E-state index in [0.717, 1.165) is 24.8 Å². The zero-order chi connectivity index (χ0) is 11.5. The molecule has 90 valence electrons. The van der Waals surface area contributed by atoms with Gasteiger partial charge in [-0.25, -0.2) is 0 Å². The molecular weight excluding hydrogens is 198 g/mol. The molecular formula is C13H23N3. The summed E-state index contributed by atoms with van der Waals surface area (Å²) in [6.07, 6.45) is 7.19. The summed E-state index contributed by atoms with van der Waals surface area (Å²) in [5.41, 5.74) is 7.04. The molecule has 3 heteroatoms. The van der Waals surface area contributed by atoms with E-state index < -0.39 is 0 Å². The second-order valence-corrected chi connectivity index (χ2v) is 5.27. The van der Waals surface area contributed by atoms with Crippen LogP contribution in [0.2, 0.25) is 0 Å². The van der Waals surface area contributed by atoms with E-state index in [2.05, 4.69) is 31.2 Å². The van der Waals surface area contributed by atoms with Crippen LogP contribution in [0.4, 0.5) is 0 Å². The van der Waals surface area contributed by atoms with Crippen LogP contribution in [0.25, 0.3) is 0 Å². The maximum Gasteiger partial charge on any atom is 0.0627 e. The molecule has 1 fully saturated rings. The molecule has 0 amide bonds. The summed E-state index contributed by atoms with van der Waals surface area (Å²) in [7, 11) is 0. The highest BCUT2D eigenvalue weighted by atomic mass is 15.3. The van der Waals surface area contributed by atoms with Gasteiger partial charge in [0.05, 0.1) is 5.69 Å². The number of rotatable bonds is 4. The fraction of sp³-hybridized carbons (Fsp3) is 0.769. The molecule has 1 saturated carbocycles. The lowest BCUT2D eigenvalue weighted by molar-refractivity contribution is 0.388. The van der Waals surface area contributed by atoms with Crippen LogP contribution in [0.5, 0.6) is 0 Å². The number of nitrogens with zero attached hydrogens (tertiary/aromatic N) is 2. The van der Waals surface area contributed by atoms with Crippen molar-refractivity contribution in [2.45, 2.75) is 45.6 Å². The van der Waals surface area contributed by atoms with Gasteiger partial charge in [-0.3, -0.25) is 4.68 Å². The molecule has 2 atom stereocenters. The van der Waals surface area contributed by atoms with Crippen molar-refractivity contribution in [2.24, 2.45) is 17.6 Å². The predicted molar refractivity (Wildman–Crippen MR) is 66.2 cm³/mol. The summed E-state index contributed by atoms with van der Waals surface area (Å²) in [5, 5.41) is 4.62. The van der Waals surface area contributed by atoms with E-state index in [9.17, 15) is 0 Å². The van der Waals surface area contributed by atoms with E-state index in [1.54, 1.807) is 0 Å². The molecule has 0 bridgehead atoms. The first kappa shape index (κ1) is 11.6. The second-order valence-electron chi connectivity index (χ2n) is 5.27. The third-order valence-corrected chi connectivity index (χ3v) is 3.78. The summed E-state index contributed by atoms with van der Waals surface area (Å²) in [6.45, 7) is 5.17. The molecule has 1 heterocycles. The third-order valence-electron chi connectivity index (χ3n) is 3.78. The van der Waals surface area contributed by atoms with Gasteiger partial charge < -0.3 is 5.73 Å². The summed E-state index contributed by atoms with van der Waals surface area (Å²) < 4.78 is 2.04. The molecule has 0 spiro atoms. The topological polar surface area (TPSA) is 43.8 Å². The number of hydrogen-bond acceptors (Lipinski definition) is 2. The van der Waals surface area contributed by atoms with Gasteiger partial charge in [-0.05, 0) is 57.6 Å². The van der Waals surface area contributed by atoms with Gasteiger partial charge in [0.1, 0.15) is 0 Å². The van der Waals surface area contributed by atoms with E-state index in [4.69, 9.17) is 5.73 Å². The van der Waals surface area contributed by atoms with Gasteiger partial charge in [0.25, 0.3) is 0 Å². The van der Waals surface area contributed by atoms with Gasteiger partial charge in [0.15, 0.2) is 0 Å². The van der Waals surface area contributed by atoms with Crippen molar-refractivity contribution < 1.29 is 0 Å².